The molecule has 0 aliphatic heterocycles. The van der Waals surface area contributed by atoms with Crippen LogP contribution in [0, 0.1) is 12.3 Å². The van der Waals surface area contributed by atoms with Crippen LogP contribution >= 0.6 is 0 Å². The van der Waals surface area contributed by atoms with Crippen molar-refractivity contribution in [2.24, 2.45) is 0 Å². The summed E-state index contributed by atoms with van der Waals surface area (Å²) in [6.45, 7) is 2.69. The van der Waals surface area contributed by atoms with Crippen LogP contribution in [0.1, 0.15) is 17.4 Å². The highest BCUT2D eigenvalue weighted by molar-refractivity contribution is 5.92. The zero-order valence-electron chi connectivity index (χ0n) is 11.3. The van der Waals surface area contributed by atoms with Gasteiger partial charge in [-0.25, -0.2) is 4.68 Å². The van der Waals surface area contributed by atoms with Crippen LogP contribution in [0.25, 0.3) is 5.69 Å². The van der Waals surface area contributed by atoms with Gasteiger partial charge in [-0.3, -0.25) is 4.79 Å². The fourth-order valence-corrected chi connectivity index (χ4v) is 1.87. The number of benzene rings is 1. The minimum absolute atomic E-state index is 0.182. The third kappa shape index (κ3) is 2.64. The highest BCUT2D eigenvalue weighted by atomic mass is 16.2. The number of para-hydroxylation sites is 2. The summed E-state index contributed by atoms with van der Waals surface area (Å²) in [6.07, 6.45) is 6.96. The Balaban J connectivity index is 2.28. The number of amides is 1. The van der Waals surface area contributed by atoms with Gasteiger partial charge in [-0.1, -0.05) is 18.1 Å². The summed E-state index contributed by atoms with van der Waals surface area (Å²) < 4.78 is 1.59. The summed E-state index contributed by atoms with van der Waals surface area (Å²) in [5.74, 6) is 2.29. The molecule has 1 aromatic heterocycles. The molecular weight excluding hydrogens is 252 g/mol. The Morgan fingerprint density at radius 2 is 2.20 bits per heavy atom. The largest absolute Gasteiger partial charge is 0.397 e. The molecule has 2 N–H and O–H groups in total. The number of anilines is 1. The summed E-state index contributed by atoms with van der Waals surface area (Å²) in [5.41, 5.74) is 7.59. The topological polar surface area (TPSA) is 64.2 Å². The molecule has 1 aromatic carbocycles. The molecule has 2 rings (SSSR count). The average molecular weight is 268 g/mol. The number of carbonyl (C=O) groups excluding carboxylic acids is 1. The predicted octanol–water partition coefficient (Wildman–Crippen LogP) is 1.55. The molecule has 0 radical (unpaired) electrons. The zero-order valence-corrected chi connectivity index (χ0v) is 11.3. The highest BCUT2D eigenvalue weighted by Gasteiger charge is 2.16. The van der Waals surface area contributed by atoms with Crippen molar-refractivity contribution < 1.29 is 4.79 Å². The zero-order chi connectivity index (χ0) is 14.5. The first-order valence-corrected chi connectivity index (χ1v) is 6.30. The van der Waals surface area contributed by atoms with Gasteiger partial charge < -0.3 is 10.6 Å². The van der Waals surface area contributed by atoms with E-state index in [4.69, 9.17) is 12.2 Å². The molecule has 1 heterocycles. The van der Waals surface area contributed by atoms with Crippen molar-refractivity contribution in [2.45, 2.75) is 6.92 Å². The van der Waals surface area contributed by atoms with Gasteiger partial charge in [-0.2, -0.15) is 5.10 Å². The maximum Gasteiger partial charge on any atom is 0.275 e. The van der Waals surface area contributed by atoms with Gasteiger partial charge in [0, 0.05) is 12.7 Å². The Hall–Kier alpha value is -2.74. The number of carbonyl (C=O) groups is 1. The second-order valence-corrected chi connectivity index (χ2v) is 4.23. The molecule has 0 aliphatic rings. The lowest BCUT2D eigenvalue weighted by atomic mass is 10.3. The van der Waals surface area contributed by atoms with E-state index in [2.05, 4.69) is 11.0 Å². The van der Waals surface area contributed by atoms with Crippen molar-refractivity contribution in [2.75, 3.05) is 18.8 Å². The maximum absolute atomic E-state index is 12.2. The fourth-order valence-electron chi connectivity index (χ4n) is 1.87. The van der Waals surface area contributed by atoms with Crippen molar-refractivity contribution >= 4 is 11.6 Å². The van der Waals surface area contributed by atoms with E-state index in [-0.39, 0.29) is 12.5 Å². The van der Waals surface area contributed by atoms with Crippen LogP contribution in [-0.2, 0) is 0 Å². The summed E-state index contributed by atoms with van der Waals surface area (Å²) >= 11 is 0. The first kappa shape index (κ1) is 13.7. The normalized spacial score (nSPS) is 10.0. The van der Waals surface area contributed by atoms with E-state index in [1.807, 2.05) is 25.1 Å². The van der Waals surface area contributed by atoms with E-state index < -0.39 is 0 Å². The van der Waals surface area contributed by atoms with Gasteiger partial charge in [-0.05, 0) is 25.1 Å². The van der Waals surface area contributed by atoms with E-state index in [0.29, 0.717) is 17.9 Å². The van der Waals surface area contributed by atoms with Crippen molar-refractivity contribution in [3.05, 3.63) is 42.2 Å². The molecule has 2 aromatic rings. The summed E-state index contributed by atoms with van der Waals surface area (Å²) in [5, 5.41) is 4.27. The van der Waals surface area contributed by atoms with Gasteiger partial charge in [0.1, 0.15) is 0 Å². The van der Waals surface area contributed by atoms with Crippen molar-refractivity contribution in [3.63, 3.8) is 0 Å². The van der Waals surface area contributed by atoms with Crippen LogP contribution in [-0.4, -0.2) is 33.7 Å². The van der Waals surface area contributed by atoms with E-state index in [1.165, 1.54) is 0 Å². The van der Waals surface area contributed by atoms with Crippen molar-refractivity contribution in [1.29, 1.82) is 0 Å². The number of terminal acetylenes is 1. The van der Waals surface area contributed by atoms with E-state index in [0.717, 1.165) is 5.69 Å². The van der Waals surface area contributed by atoms with Crippen LogP contribution < -0.4 is 5.73 Å². The lowest BCUT2D eigenvalue weighted by Gasteiger charge is -2.16. The Kier molecular flexibility index (Phi) is 4.06. The molecule has 1 amide bonds. The minimum Gasteiger partial charge on any atom is -0.397 e. The van der Waals surface area contributed by atoms with Gasteiger partial charge >= 0.3 is 0 Å². The van der Waals surface area contributed by atoms with Gasteiger partial charge in [0.15, 0.2) is 5.69 Å². The average Bonchev–Trinajstić information content (AvgIpc) is 2.94. The molecule has 20 heavy (non-hydrogen) atoms. The molecular formula is C15H16N4O. The SMILES string of the molecule is C#CCN(CC)C(=O)c1ccn(-c2ccccc2N)n1. The number of rotatable bonds is 4. The number of nitrogens with two attached hydrogens (primary N) is 1. The van der Waals surface area contributed by atoms with Crippen LogP contribution in [0.4, 0.5) is 5.69 Å². The van der Waals surface area contributed by atoms with Crippen molar-refractivity contribution in [3.8, 4) is 18.0 Å². The second kappa shape index (κ2) is 5.93. The molecule has 0 spiro atoms. The third-order valence-corrected chi connectivity index (χ3v) is 2.94. The van der Waals surface area contributed by atoms with Gasteiger partial charge in [0.05, 0.1) is 17.9 Å². The van der Waals surface area contributed by atoms with Crippen LogP contribution in [0.2, 0.25) is 0 Å². The highest BCUT2D eigenvalue weighted by Crippen LogP contribution is 2.16. The first-order chi connectivity index (χ1) is 9.67. The van der Waals surface area contributed by atoms with Crippen LogP contribution in [0.15, 0.2) is 36.5 Å². The molecule has 0 saturated heterocycles. The Bertz CT molecular complexity index is 654. The molecule has 0 atom stereocenters. The first-order valence-electron chi connectivity index (χ1n) is 6.30. The van der Waals surface area contributed by atoms with Gasteiger partial charge in [-0.15, -0.1) is 6.42 Å². The summed E-state index contributed by atoms with van der Waals surface area (Å²) in [6, 6.07) is 9.00. The molecule has 0 aliphatic carbocycles. The second-order valence-electron chi connectivity index (χ2n) is 4.23. The van der Waals surface area contributed by atoms with Crippen molar-refractivity contribution in [1.82, 2.24) is 14.7 Å². The van der Waals surface area contributed by atoms with Crippen LogP contribution in [0.3, 0.4) is 0 Å². The number of hydrogen-bond acceptors (Lipinski definition) is 3. The number of nitrogens with zero attached hydrogens (tertiary/aromatic N) is 3. The number of aromatic nitrogens is 2. The number of hydrogen-bond donors (Lipinski definition) is 1. The standard InChI is InChI=1S/C15H16N4O/c1-3-10-18(4-2)15(20)13-9-11-19(17-13)14-8-6-5-7-12(14)16/h1,5-9,11H,4,10,16H2,2H3. The lowest BCUT2D eigenvalue weighted by Crippen LogP contribution is -2.31. The Morgan fingerprint density at radius 1 is 1.45 bits per heavy atom. The molecule has 0 bridgehead atoms. The molecule has 5 nitrogen and oxygen atoms in total. The minimum atomic E-state index is -0.182. The third-order valence-electron chi connectivity index (χ3n) is 2.94. The maximum atomic E-state index is 12.2. The molecule has 5 heteroatoms. The van der Waals surface area contributed by atoms with E-state index in [1.54, 1.807) is 27.9 Å². The molecule has 0 fully saturated rings. The molecule has 0 unspecified atom stereocenters. The Labute approximate surface area is 118 Å². The molecule has 0 saturated carbocycles. The number of nitrogen functional groups attached to an aromatic ring is 1. The van der Waals surface area contributed by atoms with E-state index >= 15 is 0 Å². The monoisotopic (exact) mass is 268 g/mol. The Morgan fingerprint density at radius 3 is 2.85 bits per heavy atom. The lowest BCUT2D eigenvalue weighted by molar-refractivity contribution is 0.0778. The van der Waals surface area contributed by atoms with Gasteiger partial charge in [0.25, 0.3) is 5.91 Å². The van der Waals surface area contributed by atoms with Crippen LogP contribution in [0.5, 0.6) is 0 Å². The molecule has 102 valence electrons. The van der Waals surface area contributed by atoms with Gasteiger partial charge in [0.2, 0.25) is 0 Å². The summed E-state index contributed by atoms with van der Waals surface area (Å²) in [7, 11) is 0. The summed E-state index contributed by atoms with van der Waals surface area (Å²) in [4.78, 5) is 13.8. The van der Waals surface area contributed by atoms with E-state index in [9.17, 15) is 4.79 Å². The smallest absolute Gasteiger partial charge is 0.275 e. The predicted molar refractivity (Wildman–Crippen MR) is 78.4 cm³/mol. The fraction of sp³-hybridized carbons (Fsp3) is 0.200. The quantitative estimate of drug-likeness (QED) is 0.676.